The van der Waals surface area contributed by atoms with Crippen LogP contribution in [0, 0.1) is 0 Å². The van der Waals surface area contributed by atoms with E-state index in [1.807, 2.05) is 12.3 Å². The quantitative estimate of drug-likeness (QED) is 0.706. The van der Waals surface area contributed by atoms with E-state index >= 15 is 0 Å². The van der Waals surface area contributed by atoms with Gasteiger partial charge in [0.1, 0.15) is 5.65 Å². The summed E-state index contributed by atoms with van der Waals surface area (Å²) in [6.07, 6.45) is 3.90. The van der Waals surface area contributed by atoms with Gasteiger partial charge >= 0.3 is 0 Å². The molecule has 0 fully saturated rings. The molecule has 3 heterocycles. The molecule has 0 aromatic carbocycles. The van der Waals surface area contributed by atoms with Crippen LogP contribution < -0.4 is 5.32 Å². The van der Waals surface area contributed by atoms with Crippen LogP contribution >= 0.6 is 0 Å². The summed E-state index contributed by atoms with van der Waals surface area (Å²) in [6.45, 7) is 8.53. The van der Waals surface area contributed by atoms with Crippen LogP contribution in [-0.2, 0) is 0 Å². The van der Waals surface area contributed by atoms with Gasteiger partial charge in [-0.3, -0.25) is 0 Å². The number of nitrogens with zero attached hydrogens (tertiary/aromatic N) is 1. The monoisotopic (exact) mass is 213 g/mol. The molecule has 16 heavy (non-hydrogen) atoms. The standard InChI is InChI=1S/C13H15N3/c1-7-8(2)16-9(3)10-4-5-14-13-12(10)11(7)6-15-13/h4-8,16H,3H2,1-2H3,(H,14,15). The normalized spacial score (nSPS) is 24.2. The Hall–Kier alpha value is -1.77. The molecule has 0 bridgehead atoms. The summed E-state index contributed by atoms with van der Waals surface area (Å²) in [5, 5.41) is 4.67. The van der Waals surface area contributed by atoms with Gasteiger partial charge in [0.2, 0.25) is 0 Å². The van der Waals surface area contributed by atoms with E-state index in [4.69, 9.17) is 0 Å². The Morgan fingerprint density at radius 2 is 2.19 bits per heavy atom. The van der Waals surface area contributed by atoms with Gasteiger partial charge in [0.15, 0.2) is 0 Å². The highest BCUT2D eigenvalue weighted by Gasteiger charge is 2.24. The Kier molecular flexibility index (Phi) is 1.84. The lowest BCUT2D eigenvalue weighted by molar-refractivity contribution is 0.559. The minimum Gasteiger partial charge on any atom is -0.382 e. The minimum absolute atomic E-state index is 0.388. The molecule has 3 nitrogen and oxygen atoms in total. The fourth-order valence-electron chi connectivity index (χ4n) is 2.44. The lowest BCUT2D eigenvalue weighted by Crippen LogP contribution is -2.27. The Morgan fingerprint density at radius 1 is 1.38 bits per heavy atom. The number of hydrogen-bond donors (Lipinski definition) is 2. The van der Waals surface area contributed by atoms with Gasteiger partial charge in [0, 0.05) is 41.0 Å². The summed E-state index contributed by atoms with van der Waals surface area (Å²) < 4.78 is 0. The number of aromatic amines is 1. The zero-order valence-electron chi connectivity index (χ0n) is 9.54. The molecule has 1 aliphatic heterocycles. The van der Waals surface area contributed by atoms with Gasteiger partial charge in [-0.05, 0) is 18.6 Å². The molecular weight excluding hydrogens is 198 g/mol. The zero-order chi connectivity index (χ0) is 11.3. The zero-order valence-corrected chi connectivity index (χ0v) is 9.54. The summed E-state index contributed by atoms with van der Waals surface area (Å²) in [4.78, 5) is 7.59. The fraction of sp³-hybridized carbons (Fsp3) is 0.308. The summed E-state index contributed by atoms with van der Waals surface area (Å²) in [6, 6.07) is 2.42. The van der Waals surface area contributed by atoms with Crippen LogP contribution in [0.2, 0.25) is 0 Å². The van der Waals surface area contributed by atoms with Crippen molar-refractivity contribution in [1.29, 1.82) is 0 Å². The molecule has 1 aliphatic rings. The van der Waals surface area contributed by atoms with E-state index in [2.05, 4.69) is 41.9 Å². The molecule has 2 atom stereocenters. The largest absolute Gasteiger partial charge is 0.382 e. The molecule has 3 rings (SSSR count). The first-order valence-electron chi connectivity index (χ1n) is 5.60. The van der Waals surface area contributed by atoms with Crippen molar-refractivity contribution in [2.75, 3.05) is 0 Å². The second-order valence-electron chi connectivity index (χ2n) is 4.53. The second kappa shape index (κ2) is 3.11. The number of hydrogen-bond acceptors (Lipinski definition) is 2. The van der Waals surface area contributed by atoms with Crippen molar-refractivity contribution < 1.29 is 0 Å². The maximum atomic E-state index is 4.36. The van der Waals surface area contributed by atoms with Gasteiger partial charge in [-0.25, -0.2) is 4.98 Å². The average molecular weight is 213 g/mol. The van der Waals surface area contributed by atoms with E-state index in [0.29, 0.717) is 12.0 Å². The summed E-state index contributed by atoms with van der Waals surface area (Å²) in [5.41, 5.74) is 4.44. The van der Waals surface area contributed by atoms with Crippen molar-refractivity contribution >= 4 is 16.7 Å². The molecule has 2 unspecified atom stereocenters. The van der Waals surface area contributed by atoms with Crippen LogP contribution in [0.25, 0.3) is 16.7 Å². The van der Waals surface area contributed by atoms with Crippen LogP contribution in [0.1, 0.15) is 30.9 Å². The number of rotatable bonds is 0. The molecule has 2 N–H and O–H groups in total. The van der Waals surface area contributed by atoms with E-state index in [1.54, 1.807) is 0 Å². The van der Waals surface area contributed by atoms with Crippen molar-refractivity contribution in [3.05, 3.63) is 36.2 Å². The first-order valence-corrected chi connectivity index (χ1v) is 5.60. The van der Waals surface area contributed by atoms with E-state index in [0.717, 1.165) is 16.9 Å². The van der Waals surface area contributed by atoms with Gasteiger partial charge < -0.3 is 10.3 Å². The molecule has 0 amide bonds. The number of pyridine rings is 1. The van der Waals surface area contributed by atoms with Crippen molar-refractivity contribution in [3.8, 4) is 0 Å². The fourth-order valence-corrected chi connectivity index (χ4v) is 2.44. The first-order chi connectivity index (χ1) is 7.68. The van der Waals surface area contributed by atoms with Crippen molar-refractivity contribution in [3.63, 3.8) is 0 Å². The number of nitrogens with one attached hydrogen (secondary N) is 2. The maximum absolute atomic E-state index is 4.36. The molecule has 0 saturated heterocycles. The highest BCUT2D eigenvalue weighted by atomic mass is 14.9. The highest BCUT2D eigenvalue weighted by Crippen LogP contribution is 2.34. The molecule has 3 heteroatoms. The third-order valence-corrected chi connectivity index (χ3v) is 3.57. The highest BCUT2D eigenvalue weighted by molar-refractivity contribution is 5.93. The third-order valence-electron chi connectivity index (χ3n) is 3.57. The predicted octanol–water partition coefficient (Wildman–Crippen LogP) is 2.63. The molecule has 82 valence electrons. The number of aromatic nitrogens is 2. The van der Waals surface area contributed by atoms with Gasteiger partial charge in [0.25, 0.3) is 0 Å². The summed E-state index contributed by atoms with van der Waals surface area (Å²) in [7, 11) is 0. The molecule has 0 spiro atoms. The molecule has 2 aromatic heterocycles. The molecule has 0 radical (unpaired) electrons. The average Bonchev–Trinajstić information content (AvgIpc) is 2.67. The third kappa shape index (κ3) is 1.11. The Morgan fingerprint density at radius 3 is 3.00 bits per heavy atom. The summed E-state index contributed by atoms with van der Waals surface area (Å²) in [5.74, 6) is 0.455. The van der Waals surface area contributed by atoms with Gasteiger partial charge in [-0.15, -0.1) is 0 Å². The van der Waals surface area contributed by atoms with Crippen LogP contribution in [-0.4, -0.2) is 16.0 Å². The molecule has 0 aliphatic carbocycles. The SMILES string of the molecule is C=C1NC(C)C(C)c2c[nH]c3nccc1c23. The Balaban J connectivity index is 2.39. The Bertz CT molecular complexity index is 568. The predicted molar refractivity (Wildman–Crippen MR) is 66.1 cm³/mol. The van der Waals surface area contributed by atoms with E-state index in [9.17, 15) is 0 Å². The minimum atomic E-state index is 0.388. The van der Waals surface area contributed by atoms with Crippen molar-refractivity contribution in [2.24, 2.45) is 0 Å². The molecular formula is C13H15N3. The lowest BCUT2D eigenvalue weighted by Gasteiger charge is -2.19. The first kappa shape index (κ1) is 9.46. The summed E-state index contributed by atoms with van der Waals surface area (Å²) >= 11 is 0. The van der Waals surface area contributed by atoms with Crippen LogP contribution in [0.4, 0.5) is 0 Å². The van der Waals surface area contributed by atoms with Crippen LogP contribution in [0.5, 0.6) is 0 Å². The Labute approximate surface area is 94.6 Å². The van der Waals surface area contributed by atoms with Crippen molar-refractivity contribution in [1.82, 2.24) is 15.3 Å². The maximum Gasteiger partial charge on any atom is 0.138 e. The topological polar surface area (TPSA) is 40.7 Å². The van der Waals surface area contributed by atoms with Crippen LogP contribution in [0.3, 0.4) is 0 Å². The van der Waals surface area contributed by atoms with Gasteiger partial charge in [0.05, 0.1) is 0 Å². The van der Waals surface area contributed by atoms with Gasteiger partial charge in [-0.1, -0.05) is 13.5 Å². The van der Waals surface area contributed by atoms with Crippen molar-refractivity contribution in [2.45, 2.75) is 25.8 Å². The smallest absolute Gasteiger partial charge is 0.138 e. The molecule has 0 saturated carbocycles. The number of H-pyrrole nitrogens is 1. The van der Waals surface area contributed by atoms with Gasteiger partial charge in [-0.2, -0.15) is 0 Å². The second-order valence-corrected chi connectivity index (χ2v) is 4.53. The lowest BCUT2D eigenvalue weighted by atomic mass is 9.95. The molecule has 2 aromatic rings. The van der Waals surface area contributed by atoms with E-state index in [-0.39, 0.29) is 0 Å². The van der Waals surface area contributed by atoms with Crippen LogP contribution in [0.15, 0.2) is 25.0 Å². The van der Waals surface area contributed by atoms with E-state index in [1.165, 1.54) is 10.9 Å². The van der Waals surface area contributed by atoms with E-state index < -0.39 is 0 Å².